The molecule has 2 aromatic rings. The number of piperidine rings is 2. The first kappa shape index (κ1) is 28.5. The van der Waals surface area contributed by atoms with Crippen LogP contribution in [0.1, 0.15) is 48.7 Å². The molecule has 2 fully saturated rings. The van der Waals surface area contributed by atoms with Crippen LogP contribution in [0.4, 0.5) is 0 Å². The number of hydrogen-bond acceptors (Lipinski definition) is 8. The minimum Gasteiger partial charge on any atom is -0.507 e. The van der Waals surface area contributed by atoms with Crippen molar-refractivity contribution < 1.29 is 24.0 Å². The zero-order chi connectivity index (χ0) is 27.1. The Hall–Kier alpha value is -2.53. The second-order valence-corrected chi connectivity index (χ2v) is 11.9. The Labute approximate surface area is 227 Å². The predicted octanol–water partition coefficient (Wildman–Crippen LogP) is 2.39. The van der Waals surface area contributed by atoms with E-state index in [2.05, 4.69) is 22.1 Å². The highest BCUT2D eigenvalue weighted by Crippen LogP contribution is 2.25. The Balaban J connectivity index is 1.14. The number of benzene rings is 1. The molecule has 1 amide bonds. The van der Waals surface area contributed by atoms with Gasteiger partial charge in [-0.25, -0.2) is 0 Å². The number of rotatable bonds is 10. The normalized spacial score (nSPS) is 19.3. The van der Waals surface area contributed by atoms with E-state index < -0.39 is 16.9 Å². The Kier molecular flexibility index (Phi) is 10.1. The van der Waals surface area contributed by atoms with Gasteiger partial charge in [-0.2, -0.15) is 0 Å². The molecule has 2 saturated heterocycles. The number of hydrogen-bond donors (Lipinski definition) is 3. The van der Waals surface area contributed by atoms with Crippen LogP contribution < -0.4 is 10.1 Å². The van der Waals surface area contributed by atoms with Crippen molar-refractivity contribution in [2.45, 2.75) is 56.2 Å². The molecular weight excluding hydrogens is 504 g/mol. The summed E-state index contributed by atoms with van der Waals surface area (Å²) in [5.41, 5.74) is 1.64. The van der Waals surface area contributed by atoms with Crippen LogP contribution in [0.15, 0.2) is 41.4 Å². The van der Waals surface area contributed by atoms with Gasteiger partial charge in [0.05, 0.1) is 27.0 Å². The second kappa shape index (κ2) is 13.5. The predicted molar refractivity (Wildman–Crippen MR) is 147 cm³/mol. The molecule has 2 unspecified atom stereocenters. The van der Waals surface area contributed by atoms with E-state index in [1.165, 1.54) is 18.4 Å². The van der Waals surface area contributed by atoms with E-state index in [0.29, 0.717) is 34.7 Å². The fourth-order valence-electron chi connectivity index (χ4n) is 4.93. The Morgan fingerprint density at radius 1 is 1.16 bits per heavy atom. The van der Waals surface area contributed by atoms with Crippen molar-refractivity contribution >= 4 is 16.7 Å². The number of nitrogens with zero attached hydrogens (tertiary/aromatic N) is 3. The standard InChI is InChI=1S/C28H40N4O5S/c1-20-7-13-32(14-8-20)28(35)21-3-4-23(29-16-21)18-31-11-9-22(10-12-31)30-17-24(33)19-37-25-5-6-26(34)27(15-25)38(2)36/h3-6,15-16,20,22,24,30,33-34H,7-14,17-19H2,1-2H3. The molecule has 38 heavy (non-hydrogen) atoms. The molecular formula is C28H40N4O5S. The molecule has 2 aliphatic heterocycles. The lowest BCUT2D eigenvalue weighted by molar-refractivity contribution is 0.0696. The summed E-state index contributed by atoms with van der Waals surface area (Å²) in [7, 11) is -1.32. The molecule has 0 radical (unpaired) electrons. The van der Waals surface area contributed by atoms with Crippen molar-refractivity contribution in [1.82, 2.24) is 20.1 Å². The van der Waals surface area contributed by atoms with Crippen molar-refractivity contribution in [3.05, 3.63) is 47.8 Å². The summed E-state index contributed by atoms with van der Waals surface area (Å²) in [4.78, 5) is 21.9. The fourth-order valence-corrected chi connectivity index (χ4v) is 5.58. The van der Waals surface area contributed by atoms with E-state index in [1.807, 2.05) is 17.0 Å². The maximum absolute atomic E-state index is 12.7. The number of aliphatic hydroxyl groups excluding tert-OH is 1. The third-order valence-corrected chi connectivity index (χ3v) is 8.39. The smallest absolute Gasteiger partial charge is 0.255 e. The van der Waals surface area contributed by atoms with Gasteiger partial charge in [-0.3, -0.25) is 18.9 Å². The van der Waals surface area contributed by atoms with Crippen LogP contribution in [0.5, 0.6) is 11.5 Å². The number of ether oxygens (including phenoxy) is 1. The number of phenolic OH excluding ortho intramolecular Hbond substituents is 1. The van der Waals surface area contributed by atoms with Crippen LogP contribution in [0.3, 0.4) is 0 Å². The lowest BCUT2D eigenvalue weighted by Gasteiger charge is -2.32. The zero-order valence-corrected chi connectivity index (χ0v) is 23.2. The average molecular weight is 545 g/mol. The number of pyridine rings is 1. The third-order valence-electron chi connectivity index (χ3n) is 7.44. The largest absolute Gasteiger partial charge is 0.507 e. The SMILES string of the molecule is CC1CCN(C(=O)c2ccc(CN3CCC(NCC(O)COc4ccc(O)c(S(C)=O)c4)CC3)nc2)CC1. The maximum atomic E-state index is 12.7. The number of aliphatic hydroxyl groups is 1. The number of phenols is 1. The topological polar surface area (TPSA) is 115 Å². The number of likely N-dealkylation sites (tertiary alicyclic amines) is 2. The van der Waals surface area contributed by atoms with E-state index in [4.69, 9.17) is 4.74 Å². The Morgan fingerprint density at radius 3 is 2.55 bits per heavy atom. The molecule has 0 spiro atoms. The summed E-state index contributed by atoms with van der Waals surface area (Å²) in [5, 5.41) is 23.5. The zero-order valence-electron chi connectivity index (χ0n) is 22.3. The van der Waals surface area contributed by atoms with E-state index in [1.54, 1.807) is 12.3 Å². The highest BCUT2D eigenvalue weighted by molar-refractivity contribution is 7.84. The first-order chi connectivity index (χ1) is 18.3. The van der Waals surface area contributed by atoms with Crippen molar-refractivity contribution in [2.75, 3.05) is 45.6 Å². The van der Waals surface area contributed by atoms with Gasteiger partial charge in [0.25, 0.3) is 5.91 Å². The molecule has 208 valence electrons. The van der Waals surface area contributed by atoms with E-state index >= 15 is 0 Å². The van der Waals surface area contributed by atoms with Gasteiger partial charge >= 0.3 is 0 Å². The molecule has 2 atom stereocenters. The number of carbonyl (C=O) groups excluding carboxylic acids is 1. The van der Waals surface area contributed by atoms with Gasteiger partial charge in [-0.1, -0.05) is 6.92 Å². The number of aromatic nitrogens is 1. The van der Waals surface area contributed by atoms with Crippen LogP contribution in [-0.2, 0) is 17.3 Å². The molecule has 1 aromatic heterocycles. The van der Waals surface area contributed by atoms with Crippen LogP contribution in [0.2, 0.25) is 0 Å². The summed E-state index contributed by atoms with van der Waals surface area (Å²) in [6, 6.07) is 8.78. The van der Waals surface area contributed by atoms with E-state index in [-0.39, 0.29) is 18.3 Å². The van der Waals surface area contributed by atoms with Gasteiger partial charge < -0.3 is 25.2 Å². The second-order valence-electron chi connectivity index (χ2n) is 10.5. The molecule has 2 aliphatic rings. The van der Waals surface area contributed by atoms with Gasteiger partial charge in [0.15, 0.2) is 0 Å². The third kappa shape index (κ3) is 7.99. The minimum atomic E-state index is -1.32. The molecule has 4 rings (SSSR count). The fraction of sp³-hybridized carbons (Fsp3) is 0.571. The molecule has 3 heterocycles. The first-order valence-corrected chi connectivity index (χ1v) is 15.0. The Bertz CT molecular complexity index is 1080. The number of nitrogens with one attached hydrogen (secondary N) is 1. The number of aromatic hydroxyl groups is 1. The van der Waals surface area contributed by atoms with Gasteiger partial charge in [0, 0.05) is 57.8 Å². The number of carbonyl (C=O) groups is 1. The average Bonchev–Trinajstić information content (AvgIpc) is 2.92. The summed E-state index contributed by atoms with van der Waals surface area (Å²) >= 11 is 0. The molecule has 9 nitrogen and oxygen atoms in total. The van der Waals surface area contributed by atoms with Gasteiger partial charge in [0.1, 0.15) is 24.2 Å². The first-order valence-electron chi connectivity index (χ1n) is 13.5. The Morgan fingerprint density at radius 2 is 1.89 bits per heavy atom. The molecule has 0 saturated carbocycles. The highest BCUT2D eigenvalue weighted by atomic mass is 32.2. The van der Waals surface area contributed by atoms with Crippen molar-refractivity contribution in [3.63, 3.8) is 0 Å². The van der Waals surface area contributed by atoms with E-state index in [9.17, 15) is 19.2 Å². The van der Waals surface area contributed by atoms with Gasteiger partial charge in [-0.15, -0.1) is 0 Å². The lowest BCUT2D eigenvalue weighted by atomic mass is 9.99. The van der Waals surface area contributed by atoms with Gasteiger partial charge in [0.2, 0.25) is 0 Å². The molecule has 0 bridgehead atoms. The molecule has 3 N–H and O–H groups in total. The minimum absolute atomic E-state index is 0.0304. The summed E-state index contributed by atoms with van der Waals surface area (Å²) in [5.74, 6) is 1.21. The van der Waals surface area contributed by atoms with Crippen molar-refractivity contribution in [2.24, 2.45) is 5.92 Å². The highest BCUT2D eigenvalue weighted by Gasteiger charge is 2.23. The molecule has 1 aromatic carbocycles. The van der Waals surface area contributed by atoms with Crippen LogP contribution in [0, 0.1) is 5.92 Å². The lowest BCUT2D eigenvalue weighted by Crippen LogP contribution is -2.45. The quantitative estimate of drug-likeness (QED) is 0.418. The van der Waals surface area contributed by atoms with Crippen LogP contribution in [0.25, 0.3) is 0 Å². The van der Waals surface area contributed by atoms with Crippen molar-refractivity contribution in [1.29, 1.82) is 0 Å². The van der Waals surface area contributed by atoms with Crippen molar-refractivity contribution in [3.8, 4) is 11.5 Å². The maximum Gasteiger partial charge on any atom is 0.255 e. The molecule has 0 aliphatic carbocycles. The van der Waals surface area contributed by atoms with E-state index in [0.717, 1.165) is 64.1 Å². The monoisotopic (exact) mass is 544 g/mol. The summed E-state index contributed by atoms with van der Waals surface area (Å²) in [6.45, 7) is 7.05. The number of amides is 1. The summed E-state index contributed by atoms with van der Waals surface area (Å²) in [6.07, 6.45) is 6.61. The van der Waals surface area contributed by atoms with Crippen LogP contribution in [-0.4, -0.2) is 92.8 Å². The van der Waals surface area contributed by atoms with Crippen LogP contribution >= 0.6 is 0 Å². The molecule has 10 heteroatoms. The van der Waals surface area contributed by atoms with Gasteiger partial charge in [-0.05, 0) is 61.9 Å². The summed E-state index contributed by atoms with van der Waals surface area (Å²) < 4.78 is 17.3.